The van der Waals surface area contributed by atoms with Crippen LogP contribution in [0.3, 0.4) is 0 Å². The zero-order chi connectivity index (χ0) is 18.8. The molecule has 4 N–H and O–H groups in total. The van der Waals surface area contributed by atoms with Gasteiger partial charge < -0.3 is 26.2 Å². The maximum Gasteiger partial charge on any atom is 0.221 e. The molecular formula is C19H39IN6O. The Morgan fingerprint density at radius 1 is 1.15 bits per heavy atom. The fourth-order valence-corrected chi connectivity index (χ4v) is 4.01. The van der Waals surface area contributed by atoms with Crippen molar-refractivity contribution >= 4 is 35.8 Å². The van der Waals surface area contributed by atoms with E-state index in [1.807, 2.05) is 7.05 Å². The van der Waals surface area contributed by atoms with E-state index in [1.165, 1.54) is 38.9 Å². The summed E-state index contributed by atoms with van der Waals surface area (Å²) in [5.41, 5.74) is 5.45. The molecule has 2 rings (SSSR count). The minimum absolute atomic E-state index is 0. The van der Waals surface area contributed by atoms with E-state index < -0.39 is 0 Å². The lowest BCUT2D eigenvalue weighted by Gasteiger charge is -2.33. The average Bonchev–Trinajstić information content (AvgIpc) is 2.66. The lowest BCUT2D eigenvalue weighted by Crippen LogP contribution is -2.49. The first-order valence-electron chi connectivity index (χ1n) is 10.3. The van der Waals surface area contributed by atoms with Crippen molar-refractivity contribution in [2.45, 2.75) is 51.5 Å². The first-order valence-corrected chi connectivity index (χ1v) is 10.3. The van der Waals surface area contributed by atoms with Gasteiger partial charge in [-0.1, -0.05) is 6.92 Å². The van der Waals surface area contributed by atoms with Crippen LogP contribution in [0, 0.1) is 5.92 Å². The van der Waals surface area contributed by atoms with E-state index in [-0.39, 0.29) is 35.8 Å². The number of halogens is 1. The van der Waals surface area contributed by atoms with Crippen LogP contribution < -0.4 is 16.4 Å². The van der Waals surface area contributed by atoms with Gasteiger partial charge in [-0.3, -0.25) is 9.79 Å². The lowest BCUT2D eigenvalue weighted by atomic mass is 9.97. The Balaban J connectivity index is 0.00000364. The average molecular weight is 494 g/mol. The molecule has 0 aromatic rings. The van der Waals surface area contributed by atoms with Crippen molar-refractivity contribution in [1.82, 2.24) is 20.4 Å². The second-order valence-corrected chi connectivity index (χ2v) is 7.65. The van der Waals surface area contributed by atoms with E-state index in [4.69, 9.17) is 5.73 Å². The maximum atomic E-state index is 11.4. The van der Waals surface area contributed by atoms with Gasteiger partial charge in [-0.2, -0.15) is 0 Å². The number of likely N-dealkylation sites (tertiary alicyclic amines) is 2. The number of hydrogen-bond acceptors (Lipinski definition) is 4. The molecule has 0 spiro atoms. The summed E-state index contributed by atoms with van der Waals surface area (Å²) in [6.45, 7) is 9.61. The number of carbonyl (C=O) groups is 1. The SMILES string of the molecule is CCCN1CCC(NC(=NC)NCCCN2CCCC(C(N)=O)C2)CC1.I. The van der Waals surface area contributed by atoms with Crippen molar-refractivity contribution in [2.24, 2.45) is 16.6 Å². The summed E-state index contributed by atoms with van der Waals surface area (Å²) < 4.78 is 0. The number of hydrogen-bond donors (Lipinski definition) is 3. The molecule has 7 nitrogen and oxygen atoms in total. The van der Waals surface area contributed by atoms with Crippen LogP contribution in [0.15, 0.2) is 4.99 Å². The molecule has 1 unspecified atom stereocenters. The molecular weight excluding hydrogens is 455 g/mol. The molecule has 1 amide bonds. The fraction of sp³-hybridized carbons (Fsp3) is 0.895. The Bertz CT molecular complexity index is 453. The van der Waals surface area contributed by atoms with Crippen LogP contribution in [-0.4, -0.2) is 80.6 Å². The van der Waals surface area contributed by atoms with Crippen molar-refractivity contribution in [1.29, 1.82) is 0 Å². The Morgan fingerprint density at radius 2 is 1.89 bits per heavy atom. The molecule has 2 heterocycles. The van der Waals surface area contributed by atoms with E-state index >= 15 is 0 Å². The van der Waals surface area contributed by atoms with Gasteiger partial charge in [-0.15, -0.1) is 24.0 Å². The summed E-state index contributed by atoms with van der Waals surface area (Å²) in [4.78, 5) is 20.6. The Hall–Kier alpha value is -0.610. The minimum atomic E-state index is -0.151. The summed E-state index contributed by atoms with van der Waals surface area (Å²) >= 11 is 0. The zero-order valence-corrected chi connectivity index (χ0v) is 19.4. The van der Waals surface area contributed by atoms with Gasteiger partial charge in [-0.05, 0) is 58.2 Å². The summed E-state index contributed by atoms with van der Waals surface area (Å²) in [5, 5.41) is 7.00. The van der Waals surface area contributed by atoms with Crippen LogP contribution in [0.2, 0.25) is 0 Å². The van der Waals surface area contributed by atoms with E-state index in [2.05, 4.69) is 32.3 Å². The molecule has 0 aromatic carbocycles. The third kappa shape index (κ3) is 8.95. The summed E-state index contributed by atoms with van der Waals surface area (Å²) in [7, 11) is 1.84. The summed E-state index contributed by atoms with van der Waals surface area (Å²) in [6, 6.07) is 0.521. The van der Waals surface area contributed by atoms with Gasteiger partial charge in [-0.25, -0.2) is 0 Å². The molecule has 2 aliphatic heterocycles. The predicted octanol–water partition coefficient (Wildman–Crippen LogP) is 1.23. The van der Waals surface area contributed by atoms with Crippen molar-refractivity contribution < 1.29 is 4.79 Å². The molecule has 0 radical (unpaired) electrons. The van der Waals surface area contributed by atoms with Crippen LogP contribution in [0.4, 0.5) is 0 Å². The van der Waals surface area contributed by atoms with E-state index in [1.54, 1.807) is 0 Å². The number of guanidine groups is 1. The standard InChI is InChI=1S/C19H38N6O.HI/c1-3-10-24-13-7-17(8-14-24)23-19(21-2)22-9-5-12-25-11-4-6-16(15-25)18(20)26;/h16-17H,3-15H2,1-2H3,(H2,20,26)(H2,21,22,23);1H. The Kier molecular flexibility index (Phi) is 12.3. The van der Waals surface area contributed by atoms with Crippen LogP contribution in [0.1, 0.15) is 45.4 Å². The maximum absolute atomic E-state index is 11.4. The minimum Gasteiger partial charge on any atom is -0.369 e. The van der Waals surface area contributed by atoms with Crippen LogP contribution in [0.25, 0.3) is 0 Å². The first kappa shape index (κ1) is 24.4. The van der Waals surface area contributed by atoms with Gasteiger partial charge in [0.1, 0.15) is 0 Å². The molecule has 2 aliphatic rings. The molecule has 0 aliphatic carbocycles. The number of nitrogens with one attached hydrogen (secondary N) is 2. The lowest BCUT2D eigenvalue weighted by molar-refractivity contribution is -0.123. The van der Waals surface area contributed by atoms with Gasteiger partial charge in [0, 0.05) is 39.3 Å². The quantitative estimate of drug-likeness (QED) is 0.205. The third-order valence-corrected chi connectivity index (χ3v) is 5.54. The van der Waals surface area contributed by atoms with E-state index in [9.17, 15) is 4.79 Å². The Morgan fingerprint density at radius 3 is 2.52 bits per heavy atom. The Labute approximate surface area is 181 Å². The highest BCUT2D eigenvalue weighted by Gasteiger charge is 2.23. The van der Waals surface area contributed by atoms with Crippen molar-refractivity contribution in [3.63, 3.8) is 0 Å². The topological polar surface area (TPSA) is 86.0 Å². The molecule has 2 fully saturated rings. The van der Waals surface area contributed by atoms with E-state index in [0.29, 0.717) is 6.04 Å². The normalized spacial score (nSPS) is 22.9. The molecule has 0 bridgehead atoms. The molecule has 27 heavy (non-hydrogen) atoms. The largest absolute Gasteiger partial charge is 0.369 e. The summed E-state index contributed by atoms with van der Waals surface area (Å²) in [6.07, 6.45) is 6.66. The number of rotatable bonds is 8. The van der Waals surface area contributed by atoms with Crippen LogP contribution >= 0.6 is 24.0 Å². The summed E-state index contributed by atoms with van der Waals surface area (Å²) in [5.74, 6) is 0.791. The second kappa shape index (κ2) is 13.5. The molecule has 0 aromatic heterocycles. The second-order valence-electron chi connectivity index (χ2n) is 7.65. The molecule has 158 valence electrons. The monoisotopic (exact) mass is 494 g/mol. The highest BCUT2D eigenvalue weighted by Crippen LogP contribution is 2.16. The number of primary amides is 1. The smallest absolute Gasteiger partial charge is 0.221 e. The highest BCUT2D eigenvalue weighted by atomic mass is 127. The number of nitrogens with zero attached hydrogens (tertiary/aromatic N) is 3. The van der Waals surface area contributed by atoms with Gasteiger partial charge in [0.15, 0.2) is 5.96 Å². The van der Waals surface area contributed by atoms with Gasteiger partial charge >= 0.3 is 0 Å². The number of aliphatic imine (C=N–C) groups is 1. The fourth-order valence-electron chi connectivity index (χ4n) is 4.01. The number of nitrogens with two attached hydrogens (primary N) is 1. The molecule has 0 saturated carbocycles. The van der Waals surface area contributed by atoms with Crippen molar-refractivity contribution in [2.75, 3.05) is 52.9 Å². The number of amides is 1. The highest BCUT2D eigenvalue weighted by molar-refractivity contribution is 14.0. The van der Waals surface area contributed by atoms with Crippen molar-refractivity contribution in [3.8, 4) is 0 Å². The third-order valence-electron chi connectivity index (χ3n) is 5.54. The van der Waals surface area contributed by atoms with Crippen LogP contribution in [0.5, 0.6) is 0 Å². The van der Waals surface area contributed by atoms with Gasteiger partial charge in [0.25, 0.3) is 0 Å². The van der Waals surface area contributed by atoms with Crippen LogP contribution in [-0.2, 0) is 4.79 Å². The molecule has 2 saturated heterocycles. The molecule has 1 atom stereocenters. The number of piperidine rings is 2. The first-order chi connectivity index (χ1) is 12.6. The van der Waals surface area contributed by atoms with Crippen molar-refractivity contribution in [3.05, 3.63) is 0 Å². The zero-order valence-electron chi connectivity index (χ0n) is 17.1. The van der Waals surface area contributed by atoms with E-state index in [0.717, 1.165) is 51.4 Å². The van der Waals surface area contributed by atoms with Gasteiger partial charge in [0.2, 0.25) is 5.91 Å². The predicted molar refractivity (Wildman–Crippen MR) is 123 cm³/mol. The molecule has 8 heteroatoms. The van der Waals surface area contributed by atoms with Gasteiger partial charge in [0.05, 0.1) is 5.92 Å². The number of carbonyl (C=O) groups excluding carboxylic acids is 1.